The van der Waals surface area contributed by atoms with Crippen molar-refractivity contribution in [1.82, 2.24) is 10.3 Å². The number of ether oxygens (including phenoxy) is 1. The van der Waals surface area contributed by atoms with Gasteiger partial charge in [0.2, 0.25) is 5.91 Å². The van der Waals surface area contributed by atoms with E-state index >= 15 is 0 Å². The zero-order valence-electron chi connectivity index (χ0n) is 15.1. The molecule has 0 saturated heterocycles. The first-order valence-electron chi connectivity index (χ1n) is 8.53. The number of rotatable bonds is 6. The summed E-state index contributed by atoms with van der Waals surface area (Å²) in [5.74, 6) is -0.331. The summed E-state index contributed by atoms with van der Waals surface area (Å²) in [6.07, 6.45) is 0. The minimum atomic E-state index is -0.791. The van der Waals surface area contributed by atoms with Crippen LogP contribution in [0.3, 0.4) is 0 Å². The predicted molar refractivity (Wildman–Crippen MR) is 102 cm³/mol. The number of primary amides is 1. The maximum Gasteiger partial charge on any atom is 0.270 e. The van der Waals surface area contributed by atoms with Gasteiger partial charge in [0.25, 0.3) is 5.91 Å². The highest BCUT2D eigenvalue weighted by molar-refractivity contribution is 5.96. The van der Waals surface area contributed by atoms with E-state index in [-0.39, 0.29) is 11.5 Å². The highest BCUT2D eigenvalue weighted by Crippen LogP contribution is 2.25. The average molecular weight is 379 g/mol. The van der Waals surface area contributed by atoms with Crippen LogP contribution in [0.2, 0.25) is 0 Å². The molecule has 0 aliphatic heterocycles. The number of nitrogens with one attached hydrogen (secondary N) is 1. The van der Waals surface area contributed by atoms with Crippen molar-refractivity contribution in [3.63, 3.8) is 0 Å². The summed E-state index contributed by atoms with van der Waals surface area (Å²) in [5, 5.41) is 2.49. The Bertz CT molecular complexity index is 989. The van der Waals surface area contributed by atoms with Crippen molar-refractivity contribution >= 4 is 11.8 Å². The second-order valence-electron chi connectivity index (χ2n) is 6.09. The first kappa shape index (κ1) is 19.0. The maximum atomic E-state index is 13.0. The molecule has 1 heterocycles. The van der Waals surface area contributed by atoms with Crippen molar-refractivity contribution < 1.29 is 18.7 Å². The molecule has 1 atom stereocenters. The molecule has 1 aromatic heterocycles. The van der Waals surface area contributed by atoms with E-state index in [2.05, 4.69) is 10.3 Å². The van der Waals surface area contributed by atoms with Crippen molar-refractivity contribution in [3.8, 4) is 22.8 Å². The van der Waals surface area contributed by atoms with E-state index in [1.807, 2.05) is 0 Å². The van der Waals surface area contributed by atoms with Gasteiger partial charge in [-0.3, -0.25) is 9.59 Å². The highest BCUT2D eigenvalue weighted by Gasteiger charge is 2.15. The molecule has 28 heavy (non-hydrogen) atoms. The number of aromatic nitrogens is 1. The molecule has 0 aliphatic carbocycles. The largest absolute Gasteiger partial charge is 0.457 e. The Morgan fingerprint density at radius 1 is 1.00 bits per heavy atom. The van der Waals surface area contributed by atoms with Gasteiger partial charge >= 0.3 is 0 Å². The van der Waals surface area contributed by atoms with Crippen molar-refractivity contribution in [1.29, 1.82) is 0 Å². The normalized spacial score (nSPS) is 11.5. The summed E-state index contributed by atoms with van der Waals surface area (Å²) in [7, 11) is 0. The zero-order chi connectivity index (χ0) is 20.1. The summed E-state index contributed by atoms with van der Waals surface area (Å²) in [6.45, 7) is 1.50. The Morgan fingerprint density at radius 3 is 2.21 bits per heavy atom. The molecule has 0 aliphatic rings. The van der Waals surface area contributed by atoms with Crippen molar-refractivity contribution in [3.05, 3.63) is 78.2 Å². The molecule has 6 nitrogen and oxygen atoms in total. The predicted octanol–water partition coefficient (Wildman–Crippen LogP) is 3.28. The number of hydrogen-bond acceptors (Lipinski definition) is 4. The van der Waals surface area contributed by atoms with Crippen LogP contribution in [0.15, 0.2) is 66.7 Å². The number of halogens is 1. The second kappa shape index (κ2) is 8.30. The van der Waals surface area contributed by atoms with Gasteiger partial charge in [-0.2, -0.15) is 0 Å². The lowest BCUT2D eigenvalue weighted by molar-refractivity contribution is -0.119. The lowest BCUT2D eigenvalue weighted by Gasteiger charge is -2.10. The number of carbonyl (C=O) groups is 2. The smallest absolute Gasteiger partial charge is 0.270 e. The van der Waals surface area contributed by atoms with Crippen LogP contribution < -0.4 is 15.8 Å². The minimum Gasteiger partial charge on any atom is -0.457 e. The Balaban J connectivity index is 1.74. The van der Waals surface area contributed by atoms with Crippen LogP contribution in [0, 0.1) is 5.82 Å². The number of carbonyl (C=O) groups excluding carboxylic acids is 2. The van der Waals surface area contributed by atoms with Gasteiger partial charge < -0.3 is 15.8 Å². The lowest BCUT2D eigenvalue weighted by atomic mass is 10.1. The molecular formula is C21H18FN3O3. The molecule has 3 aromatic rings. The maximum absolute atomic E-state index is 13.0. The zero-order valence-corrected chi connectivity index (χ0v) is 15.1. The van der Waals surface area contributed by atoms with Crippen LogP contribution in [-0.2, 0) is 4.79 Å². The summed E-state index contributed by atoms with van der Waals surface area (Å²) >= 11 is 0. The Labute approximate surface area is 161 Å². The second-order valence-corrected chi connectivity index (χ2v) is 6.09. The molecule has 2 amide bonds. The van der Waals surface area contributed by atoms with Crippen LogP contribution in [0.5, 0.6) is 11.5 Å². The van der Waals surface area contributed by atoms with Gasteiger partial charge in [-0.15, -0.1) is 0 Å². The van der Waals surface area contributed by atoms with Gasteiger partial charge in [-0.25, -0.2) is 9.37 Å². The average Bonchev–Trinajstić information content (AvgIpc) is 2.70. The fourth-order valence-electron chi connectivity index (χ4n) is 2.40. The van der Waals surface area contributed by atoms with Crippen LogP contribution in [0.4, 0.5) is 4.39 Å². The molecule has 2 aromatic carbocycles. The van der Waals surface area contributed by atoms with E-state index < -0.39 is 17.9 Å². The molecule has 0 saturated carbocycles. The third-order valence-corrected chi connectivity index (χ3v) is 3.96. The van der Waals surface area contributed by atoms with E-state index in [0.29, 0.717) is 17.2 Å². The molecule has 0 bridgehead atoms. The van der Waals surface area contributed by atoms with Gasteiger partial charge in [-0.1, -0.05) is 6.07 Å². The van der Waals surface area contributed by atoms with Gasteiger partial charge in [0.15, 0.2) is 0 Å². The molecule has 0 fully saturated rings. The minimum absolute atomic E-state index is 0.178. The van der Waals surface area contributed by atoms with E-state index in [0.717, 1.165) is 5.56 Å². The molecule has 0 radical (unpaired) electrons. The summed E-state index contributed by atoms with van der Waals surface area (Å²) in [4.78, 5) is 27.6. The molecule has 142 valence electrons. The van der Waals surface area contributed by atoms with Gasteiger partial charge in [0.1, 0.15) is 29.1 Å². The number of amides is 2. The topological polar surface area (TPSA) is 94.3 Å². The molecule has 7 heteroatoms. The number of nitrogens with zero attached hydrogens (tertiary/aromatic N) is 1. The highest BCUT2D eigenvalue weighted by atomic mass is 19.1. The van der Waals surface area contributed by atoms with Crippen molar-refractivity contribution in [2.75, 3.05) is 0 Å². The van der Waals surface area contributed by atoms with Crippen molar-refractivity contribution in [2.45, 2.75) is 13.0 Å². The quantitative estimate of drug-likeness (QED) is 0.687. The van der Waals surface area contributed by atoms with Crippen LogP contribution in [0.25, 0.3) is 11.3 Å². The first-order chi connectivity index (χ1) is 13.4. The standard InChI is InChI=1S/C21H18FN3O3/c1-13(20(23)26)24-21(27)19-4-2-3-18(25-19)14-5-9-16(10-6-14)28-17-11-7-15(22)8-12-17/h2-13H,1H3,(H2,23,26)(H,24,27)/t13-/m0/s1. The number of nitrogens with two attached hydrogens (primary N) is 1. The molecule has 3 N–H and O–H groups in total. The van der Waals surface area contributed by atoms with Gasteiger partial charge in [-0.05, 0) is 67.6 Å². The molecule has 0 spiro atoms. The first-order valence-corrected chi connectivity index (χ1v) is 8.53. The monoisotopic (exact) mass is 379 g/mol. The van der Waals surface area contributed by atoms with Crippen LogP contribution in [0.1, 0.15) is 17.4 Å². The van der Waals surface area contributed by atoms with E-state index in [1.54, 1.807) is 54.6 Å². The van der Waals surface area contributed by atoms with Gasteiger partial charge in [0.05, 0.1) is 5.69 Å². The Morgan fingerprint density at radius 2 is 1.61 bits per heavy atom. The lowest BCUT2D eigenvalue weighted by Crippen LogP contribution is -2.42. The number of benzene rings is 2. The number of hydrogen-bond donors (Lipinski definition) is 2. The van der Waals surface area contributed by atoms with E-state index in [1.165, 1.54) is 19.1 Å². The summed E-state index contributed by atoms with van der Waals surface area (Å²) in [6, 6.07) is 17.1. The fourth-order valence-corrected chi connectivity index (χ4v) is 2.40. The third-order valence-electron chi connectivity index (χ3n) is 3.96. The fraction of sp³-hybridized carbons (Fsp3) is 0.0952. The Kier molecular flexibility index (Phi) is 5.64. The van der Waals surface area contributed by atoms with E-state index in [9.17, 15) is 14.0 Å². The summed E-state index contributed by atoms with van der Waals surface area (Å²) < 4.78 is 18.6. The van der Waals surface area contributed by atoms with Crippen LogP contribution in [-0.4, -0.2) is 22.8 Å². The summed E-state index contributed by atoms with van der Waals surface area (Å²) in [5.41, 5.74) is 6.71. The molecular weight excluding hydrogens is 361 g/mol. The number of pyridine rings is 1. The van der Waals surface area contributed by atoms with Crippen LogP contribution >= 0.6 is 0 Å². The van der Waals surface area contributed by atoms with E-state index in [4.69, 9.17) is 10.5 Å². The molecule has 0 unspecified atom stereocenters. The van der Waals surface area contributed by atoms with Gasteiger partial charge in [0, 0.05) is 5.56 Å². The van der Waals surface area contributed by atoms with Crippen molar-refractivity contribution in [2.24, 2.45) is 5.73 Å². The molecule has 3 rings (SSSR count). The SMILES string of the molecule is C[C@H](NC(=O)c1cccc(-c2ccc(Oc3ccc(F)cc3)cc2)n1)C(N)=O. The third kappa shape index (κ3) is 4.70. The Hall–Kier alpha value is -3.74.